The van der Waals surface area contributed by atoms with E-state index < -0.39 is 6.04 Å². The number of hydrogen-bond donors (Lipinski definition) is 1. The summed E-state index contributed by atoms with van der Waals surface area (Å²) in [5.74, 6) is 0.553. The van der Waals surface area contributed by atoms with Gasteiger partial charge >= 0.3 is 6.03 Å². The van der Waals surface area contributed by atoms with Gasteiger partial charge in [-0.05, 0) is 30.5 Å². The van der Waals surface area contributed by atoms with Crippen molar-refractivity contribution in [1.29, 1.82) is 0 Å². The van der Waals surface area contributed by atoms with Gasteiger partial charge in [0.2, 0.25) is 0 Å². The summed E-state index contributed by atoms with van der Waals surface area (Å²) in [6, 6.07) is 18.5. The maximum Gasteiger partial charge on any atom is 0.324 e. The number of imide groups is 1. The Kier molecular flexibility index (Phi) is 5.11. The van der Waals surface area contributed by atoms with E-state index in [1.54, 1.807) is 0 Å². The van der Waals surface area contributed by atoms with Crippen LogP contribution in [0.5, 0.6) is 5.75 Å². The molecule has 3 rings (SSSR count). The number of nitrogens with zero attached hydrogens (tertiary/aromatic N) is 1. The zero-order valence-corrected chi connectivity index (χ0v) is 13.4. The van der Waals surface area contributed by atoms with Gasteiger partial charge in [-0.1, -0.05) is 48.5 Å². The molecule has 1 N–H and O–H groups in total. The van der Waals surface area contributed by atoms with Crippen LogP contribution in [0.2, 0.25) is 0 Å². The number of rotatable bonds is 7. The molecule has 1 aliphatic heterocycles. The van der Waals surface area contributed by atoms with Gasteiger partial charge in [0.05, 0.1) is 6.54 Å². The predicted molar refractivity (Wildman–Crippen MR) is 90.7 cm³/mol. The van der Waals surface area contributed by atoms with Gasteiger partial charge in [0.1, 0.15) is 18.4 Å². The number of hydrogen-bond acceptors (Lipinski definition) is 3. The molecule has 0 unspecified atom stereocenters. The standard InChI is InChI=1S/C19H20N2O3/c22-18-17(12-11-15-7-3-1-4-8-15)20-19(23)21(18)13-14-24-16-9-5-2-6-10-16/h1-10,17H,11-14H2,(H,20,23)/t17-/m0/s1. The van der Waals surface area contributed by atoms with Crippen LogP contribution in [0, 0.1) is 0 Å². The molecule has 2 aromatic carbocycles. The molecule has 5 nitrogen and oxygen atoms in total. The summed E-state index contributed by atoms with van der Waals surface area (Å²) in [5.41, 5.74) is 1.16. The van der Waals surface area contributed by atoms with Gasteiger partial charge < -0.3 is 10.1 Å². The second kappa shape index (κ2) is 7.64. The van der Waals surface area contributed by atoms with Crippen LogP contribution in [0.15, 0.2) is 60.7 Å². The summed E-state index contributed by atoms with van der Waals surface area (Å²) in [4.78, 5) is 25.6. The fourth-order valence-electron chi connectivity index (χ4n) is 2.71. The molecule has 0 aromatic heterocycles. The number of nitrogens with one attached hydrogen (secondary N) is 1. The Bertz CT molecular complexity index is 688. The van der Waals surface area contributed by atoms with E-state index in [1.807, 2.05) is 60.7 Å². The second-order valence-electron chi connectivity index (χ2n) is 5.68. The zero-order chi connectivity index (χ0) is 16.8. The van der Waals surface area contributed by atoms with Crippen LogP contribution in [0.1, 0.15) is 12.0 Å². The molecule has 0 spiro atoms. The molecule has 0 saturated carbocycles. The molecule has 1 atom stereocenters. The molecule has 24 heavy (non-hydrogen) atoms. The first-order valence-corrected chi connectivity index (χ1v) is 8.08. The number of carbonyl (C=O) groups excluding carboxylic acids is 2. The number of aryl methyl sites for hydroxylation is 1. The molecule has 124 valence electrons. The second-order valence-corrected chi connectivity index (χ2v) is 5.68. The first-order chi connectivity index (χ1) is 11.7. The van der Waals surface area contributed by atoms with Gasteiger partial charge in [-0.15, -0.1) is 0 Å². The SMILES string of the molecule is O=C1N[C@@H](CCc2ccccc2)C(=O)N1CCOc1ccccc1. The fourth-order valence-corrected chi connectivity index (χ4v) is 2.71. The lowest BCUT2D eigenvalue weighted by Crippen LogP contribution is -2.35. The van der Waals surface area contributed by atoms with Crippen molar-refractivity contribution in [3.8, 4) is 5.75 Å². The van der Waals surface area contributed by atoms with E-state index >= 15 is 0 Å². The molecule has 0 radical (unpaired) electrons. The van der Waals surface area contributed by atoms with E-state index in [-0.39, 0.29) is 25.1 Å². The minimum absolute atomic E-state index is 0.174. The van der Waals surface area contributed by atoms with Crippen LogP contribution in [0.4, 0.5) is 4.79 Å². The lowest BCUT2D eigenvalue weighted by molar-refractivity contribution is -0.127. The molecule has 0 bridgehead atoms. The molecule has 1 fully saturated rings. The van der Waals surface area contributed by atoms with Crippen molar-refractivity contribution in [2.24, 2.45) is 0 Å². The van der Waals surface area contributed by atoms with E-state index in [1.165, 1.54) is 4.90 Å². The molecular formula is C19H20N2O3. The fraction of sp³-hybridized carbons (Fsp3) is 0.263. The van der Waals surface area contributed by atoms with E-state index in [2.05, 4.69) is 5.32 Å². The first kappa shape index (κ1) is 16.1. The Morgan fingerprint density at radius 2 is 1.62 bits per heavy atom. The molecule has 3 amide bonds. The Morgan fingerprint density at radius 3 is 2.33 bits per heavy atom. The van der Waals surface area contributed by atoms with E-state index in [0.717, 1.165) is 17.7 Å². The minimum atomic E-state index is -0.450. The van der Waals surface area contributed by atoms with Crippen LogP contribution in [-0.2, 0) is 11.2 Å². The lowest BCUT2D eigenvalue weighted by Gasteiger charge is -2.13. The monoisotopic (exact) mass is 324 g/mol. The molecule has 0 aliphatic carbocycles. The zero-order valence-electron chi connectivity index (χ0n) is 13.4. The van der Waals surface area contributed by atoms with Crippen LogP contribution in [0.25, 0.3) is 0 Å². The Hall–Kier alpha value is -2.82. The van der Waals surface area contributed by atoms with Crippen molar-refractivity contribution >= 4 is 11.9 Å². The third-order valence-electron chi connectivity index (χ3n) is 4.00. The lowest BCUT2D eigenvalue weighted by atomic mass is 10.1. The smallest absolute Gasteiger partial charge is 0.324 e. The van der Waals surface area contributed by atoms with Crippen molar-refractivity contribution in [2.45, 2.75) is 18.9 Å². The highest BCUT2D eigenvalue weighted by Crippen LogP contribution is 2.13. The first-order valence-electron chi connectivity index (χ1n) is 8.08. The molecular weight excluding hydrogens is 304 g/mol. The third-order valence-corrected chi connectivity index (χ3v) is 4.00. The number of benzene rings is 2. The Balaban J connectivity index is 1.48. The van der Waals surface area contributed by atoms with Gasteiger partial charge in [-0.3, -0.25) is 9.69 Å². The Morgan fingerprint density at radius 1 is 0.958 bits per heavy atom. The summed E-state index contributed by atoms with van der Waals surface area (Å²) in [6.07, 6.45) is 1.36. The highest BCUT2D eigenvalue weighted by molar-refractivity contribution is 6.04. The normalized spacial score (nSPS) is 17.0. The number of para-hydroxylation sites is 1. The molecule has 1 heterocycles. The number of amides is 3. The van der Waals surface area contributed by atoms with Gasteiger partial charge in [-0.25, -0.2) is 4.79 Å². The van der Waals surface area contributed by atoms with Crippen molar-refractivity contribution in [3.63, 3.8) is 0 Å². The average Bonchev–Trinajstić information content (AvgIpc) is 2.89. The van der Waals surface area contributed by atoms with Crippen LogP contribution in [-0.4, -0.2) is 36.0 Å². The molecule has 1 aliphatic rings. The van der Waals surface area contributed by atoms with Gasteiger partial charge in [0.25, 0.3) is 5.91 Å². The molecule has 2 aromatic rings. The maximum atomic E-state index is 12.4. The van der Waals surface area contributed by atoms with E-state index in [9.17, 15) is 9.59 Å². The van der Waals surface area contributed by atoms with Crippen LogP contribution >= 0.6 is 0 Å². The summed E-state index contributed by atoms with van der Waals surface area (Å²) >= 11 is 0. The predicted octanol–water partition coefficient (Wildman–Crippen LogP) is 2.62. The summed E-state index contributed by atoms with van der Waals surface area (Å²) < 4.78 is 5.56. The quantitative estimate of drug-likeness (QED) is 0.797. The minimum Gasteiger partial charge on any atom is -0.492 e. The van der Waals surface area contributed by atoms with Gasteiger partial charge in [-0.2, -0.15) is 0 Å². The highest BCUT2D eigenvalue weighted by Gasteiger charge is 2.37. The largest absolute Gasteiger partial charge is 0.492 e. The van der Waals surface area contributed by atoms with Crippen molar-refractivity contribution in [2.75, 3.05) is 13.2 Å². The van der Waals surface area contributed by atoms with Gasteiger partial charge in [0.15, 0.2) is 0 Å². The number of carbonyl (C=O) groups is 2. The number of urea groups is 1. The van der Waals surface area contributed by atoms with Gasteiger partial charge in [0, 0.05) is 0 Å². The van der Waals surface area contributed by atoms with Crippen LogP contribution < -0.4 is 10.1 Å². The summed E-state index contributed by atoms with van der Waals surface area (Å²) in [5, 5.41) is 2.75. The number of ether oxygens (including phenoxy) is 1. The summed E-state index contributed by atoms with van der Waals surface area (Å²) in [7, 11) is 0. The Labute approximate surface area is 141 Å². The molecule has 1 saturated heterocycles. The summed E-state index contributed by atoms with van der Waals surface area (Å²) in [6.45, 7) is 0.538. The average molecular weight is 324 g/mol. The van der Waals surface area contributed by atoms with Crippen molar-refractivity contribution in [1.82, 2.24) is 10.2 Å². The van der Waals surface area contributed by atoms with Crippen LogP contribution in [0.3, 0.4) is 0 Å². The third kappa shape index (κ3) is 3.93. The van der Waals surface area contributed by atoms with E-state index in [4.69, 9.17) is 4.74 Å². The molecule has 5 heteroatoms. The maximum absolute atomic E-state index is 12.4. The highest BCUT2D eigenvalue weighted by atomic mass is 16.5. The van der Waals surface area contributed by atoms with Crippen molar-refractivity contribution in [3.05, 3.63) is 66.2 Å². The van der Waals surface area contributed by atoms with Crippen molar-refractivity contribution < 1.29 is 14.3 Å². The van der Waals surface area contributed by atoms with E-state index in [0.29, 0.717) is 6.42 Å². The topological polar surface area (TPSA) is 58.6 Å².